The minimum Gasteiger partial charge on any atom is -0.391 e. The van der Waals surface area contributed by atoms with Crippen LogP contribution >= 0.6 is 0 Å². The maximum atomic E-state index is 13.2. The van der Waals surface area contributed by atoms with Crippen LogP contribution in [-0.2, 0) is 9.47 Å². The van der Waals surface area contributed by atoms with Gasteiger partial charge in [0.05, 0.1) is 0 Å². The quantitative estimate of drug-likeness (QED) is 0.548. The third kappa shape index (κ3) is 3.95. The van der Waals surface area contributed by atoms with E-state index in [-0.39, 0.29) is 0 Å². The average Bonchev–Trinajstić information content (AvgIpc) is 2.27. The number of carbonyl (C=O) groups excluding carboxylic acids is 1. The van der Waals surface area contributed by atoms with Gasteiger partial charge in [0.15, 0.2) is 0 Å². The summed E-state index contributed by atoms with van der Waals surface area (Å²) in [6.07, 6.45) is -11.6. The second kappa shape index (κ2) is 6.14. The molecular formula is C9H12F6O3. The van der Waals surface area contributed by atoms with Gasteiger partial charge in [-0.3, -0.25) is 0 Å². The largest absolute Gasteiger partial charge is 0.514 e. The fourth-order valence-corrected chi connectivity index (χ4v) is 0.840. The molecule has 0 bridgehead atoms. The highest BCUT2D eigenvalue weighted by Crippen LogP contribution is 2.31. The monoisotopic (exact) mass is 282 g/mol. The lowest BCUT2D eigenvalue weighted by Gasteiger charge is -2.26. The lowest BCUT2D eigenvalue weighted by Crippen LogP contribution is -2.42. The van der Waals surface area contributed by atoms with Gasteiger partial charge in [-0.2, -0.15) is 8.78 Å². The summed E-state index contributed by atoms with van der Waals surface area (Å²) in [4.78, 5) is 10.8. The second-order valence-corrected chi connectivity index (χ2v) is 3.34. The normalized spacial score (nSPS) is 18.3. The van der Waals surface area contributed by atoms with Crippen LogP contribution in [0.4, 0.5) is 31.1 Å². The number of hydrogen-bond donors (Lipinski definition) is 0. The number of ether oxygens (including phenoxy) is 2. The Morgan fingerprint density at radius 1 is 0.944 bits per heavy atom. The van der Waals surface area contributed by atoms with Crippen molar-refractivity contribution in [3.63, 3.8) is 0 Å². The van der Waals surface area contributed by atoms with Crippen LogP contribution < -0.4 is 0 Å². The van der Waals surface area contributed by atoms with Crippen LogP contribution in [0.1, 0.15) is 26.7 Å². The molecular weight excluding hydrogens is 270 g/mol. The highest BCUT2D eigenvalue weighted by atomic mass is 19.3. The van der Waals surface area contributed by atoms with E-state index in [1.54, 1.807) is 0 Å². The Morgan fingerprint density at radius 2 is 1.22 bits per heavy atom. The molecule has 0 aliphatic rings. The topological polar surface area (TPSA) is 35.5 Å². The lowest BCUT2D eigenvalue weighted by molar-refractivity contribution is -0.240. The zero-order valence-corrected chi connectivity index (χ0v) is 9.56. The summed E-state index contributed by atoms with van der Waals surface area (Å²) in [5.41, 5.74) is 0. The van der Waals surface area contributed by atoms with Gasteiger partial charge in [0, 0.05) is 12.8 Å². The van der Waals surface area contributed by atoms with Crippen LogP contribution in [0, 0.1) is 0 Å². The zero-order valence-electron chi connectivity index (χ0n) is 9.56. The van der Waals surface area contributed by atoms with Crippen molar-refractivity contribution >= 4 is 6.16 Å². The number of halogens is 6. The summed E-state index contributed by atoms with van der Waals surface area (Å²) < 4.78 is 82.1. The highest BCUT2D eigenvalue weighted by molar-refractivity contribution is 5.61. The Bertz CT molecular complexity index is 261. The number of carbonyl (C=O) groups is 1. The molecule has 0 N–H and O–H groups in total. The SMILES string of the molecule is CCC(F)(OC(=O)OC(F)(CC)C(F)F)C(F)F. The number of alkyl halides is 6. The van der Waals surface area contributed by atoms with E-state index in [2.05, 4.69) is 9.47 Å². The van der Waals surface area contributed by atoms with Crippen molar-refractivity contribution in [3.8, 4) is 0 Å². The van der Waals surface area contributed by atoms with Gasteiger partial charge in [-0.1, -0.05) is 13.8 Å². The fourth-order valence-electron chi connectivity index (χ4n) is 0.840. The molecule has 3 nitrogen and oxygen atoms in total. The standard InChI is InChI=1S/C9H12F6O3/c1-3-8(14,5(10)11)17-7(16)18-9(15,4-2)6(12)13/h5-6H,3-4H2,1-2H3. The van der Waals surface area contributed by atoms with E-state index in [1.807, 2.05) is 0 Å². The third-order valence-electron chi connectivity index (χ3n) is 2.12. The Labute approximate surface area is 99.0 Å². The van der Waals surface area contributed by atoms with Gasteiger partial charge in [0.2, 0.25) is 0 Å². The second-order valence-electron chi connectivity index (χ2n) is 3.34. The van der Waals surface area contributed by atoms with Crippen LogP contribution in [-0.4, -0.2) is 30.7 Å². The molecule has 0 spiro atoms. The molecule has 0 fully saturated rings. The molecule has 108 valence electrons. The van der Waals surface area contributed by atoms with Crippen molar-refractivity contribution in [1.82, 2.24) is 0 Å². The molecule has 0 aromatic heterocycles. The molecule has 0 amide bonds. The van der Waals surface area contributed by atoms with E-state index < -0.39 is 43.6 Å². The smallest absolute Gasteiger partial charge is 0.391 e. The summed E-state index contributed by atoms with van der Waals surface area (Å²) >= 11 is 0. The van der Waals surface area contributed by atoms with Crippen LogP contribution in [0.3, 0.4) is 0 Å². The predicted molar refractivity (Wildman–Crippen MR) is 47.8 cm³/mol. The van der Waals surface area contributed by atoms with Crippen LogP contribution in [0.5, 0.6) is 0 Å². The maximum Gasteiger partial charge on any atom is 0.514 e. The molecule has 0 aromatic carbocycles. The fraction of sp³-hybridized carbons (Fsp3) is 0.889. The van der Waals surface area contributed by atoms with Crippen LogP contribution in [0.25, 0.3) is 0 Å². The van der Waals surface area contributed by atoms with Gasteiger partial charge in [-0.15, -0.1) is 0 Å². The molecule has 0 heterocycles. The molecule has 0 rings (SSSR count). The average molecular weight is 282 g/mol. The molecule has 9 heteroatoms. The Morgan fingerprint density at radius 3 is 1.39 bits per heavy atom. The molecule has 0 saturated carbocycles. The molecule has 0 saturated heterocycles. The van der Waals surface area contributed by atoms with Crippen molar-refractivity contribution in [2.24, 2.45) is 0 Å². The number of rotatable bonds is 6. The van der Waals surface area contributed by atoms with Crippen LogP contribution in [0.2, 0.25) is 0 Å². The molecule has 0 aliphatic heterocycles. The van der Waals surface area contributed by atoms with E-state index in [0.717, 1.165) is 13.8 Å². The first-order chi connectivity index (χ1) is 8.11. The van der Waals surface area contributed by atoms with Gasteiger partial charge in [0.1, 0.15) is 0 Å². The third-order valence-corrected chi connectivity index (χ3v) is 2.12. The molecule has 0 aliphatic carbocycles. The van der Waals surface area contributed by atoms with Gasteiger partial charge < -0.3 is 9.47 Å². The molecule has 2 atom stereocenters. The van der Waals surface area contributed by atoms with Gasteiger partial charge in [0.25, 0.3) is 0 Å². The van der Waals surface area contributed by atoms with E-state index >= 15 is 0 Å². The van der Waals surface area contributed by atoms with Crippen molar-refractivity contribution in [1.29, 1.82) is 0 Å². The molecule has 0 radical (unpaired) electrons. The number of hydrogen-bond acceptors (Lipinski definition) is 3. The first-order valence-corrected chi connectivity index (χ1v) is 4.97. The van der Waals surface area contributed by atoms with E-state index in [1.165, 1.54) is 0 Å². The first kappa shape index (κ1) is 16.9. The van der Waals surface area contributed by atoms with Gasteiger partial charge in [-0.05, 0) is 0 Å². The van der Waals surface area contributed by atoms with Crippen molar-refractivity contribution in [2.45, 2.75) is 51.2 Å². The Hall–Kier alpha value is -1.15. The van der Waals surface area contributed by atoms with Gasteiger partial charge in [-0.25, -0.2) is 22.4 Å². The summed E-state index contributed by atoms with van der Waals surface area (Å²) in [7, 11) is 0. The van der Waals surface area contributed by atoms with E-state index in [0.29, 0.717) is 0 Å². The van der Waals surface area contributed by atoms with Crippen molar-refractivity contribution < 1.29 is 40.6 Å². The van der Waals surface area contributed by atoms with E-state index in [4.69, 9.17) is 0 Å². The molecule has 18 heavy (non-hydrogen) atoms. The van der Waals surface area contributed by atoms with Crippen molar-refractivity contribution in [3.05, 3.63) is 0 Å². The minimum atomic E-state index is -3.71. The highest BCUT2D eigenvalue weighted by Gasteiger charge is 2.48. The maximum absolute atomic E-state index is 13.2. The molecule has 0 aromatic rings. The first-order valence-electron chi connectivity index (χ1n) is 4.97. The summed E-state index contributed by atoms with van der Waals surface area (Å²) in [6.45, 7) is 1.85. The lowest BCUT2D eigenvalue weighted by atomic mass is 10.2. The van der Waals surface area contributed by atoms with Crippen LogP contribution in [0.15, 0.2) is 0 Å². The van der Waals surface area contributed by atoms with Gasteiger partial charge >= 0.3 is 30.7 Å². The summed E-state index contributed by atoms with van der Waals surface area (Å²) in [5.74, 6) is -7.40. The minimum absolute atomic E-state index is 0.926. The Kier molecular flexibility index (Phi) is 5.75. The summed E-state index contributed by atoms with van der Waals surface area (Å²) in [6, 6.07) is 0. The van der Waals surface area contributed by atoms with Crippen molar-refractivity contribution in [2.75, 3.05) is 0 Å². The molecule has 2 unspecified atom stereocenters. The zero-order chi connectivity index (χ0) is 14.6. The van der Waals surface area contributed by atoms with E-state index in [9.17, 15) is 31.1 Å². The summed E-state index contributed by atoms with van der Waals surface area (Å²) in [5, 5.41) is 0. The predicted octanol–water partition coefficient (Wildman–Crippen LogP) is 3.82. The Balaban J connectivity index is 4.69.